The second-order valence-electron chi connectivity index (χ2n) is 7.37. The van der Waals surface area contributed by atoms with Crippen LogP contribution in [0, 0.1) is 24.2 Å². The van der Waals surface area contributed by atoms with E-state index in [4.69, 9.17) is 16.6 Å². The average molecular weight is 414 g/mol. The van der Waals surface area contributed by atoms with Crippen LogP contribution in [0.25, 0.3) is 0 Å². The third kappa shape index (κ3) is 4.68. The lowest BCUT2D eigenvalue weighted by molar-refractivity contribution is -0.115. The van der Waals surface area contributed by atoms with E-state index < -0.39 is 0 Å². The number of pyridine rings is 1. The van der Waals surface area contributed by atoms with Gasteiger partial charge in [0.15, 0.2) is 0 Å². The maximum atomic E-state index is 12.9. The van der Waals surface area contributed by atoms with Crippen LogP contribution in [0.4, 0.5) is 5.69 Å². The minimum absolute atomic E-state index is 0.102. The summed E-state index contributed by atoms with van der Waals surface area (Å²) < 4.78 is 0. The number of halogens is 1. The number of thioether (sulfide) groups is 1. The van der Waals surface area contributed by atoms with E-state index in [0.29, 0.717) is 33.6 Å². The Kier molecular flexibility index (Phi) is 6.64. The number of nitrogens with zero attached hydrogens (tertiary/aromatic N) is 2. The van der Waals surface area contributed by atoms with Gasteiger partial charge < -0.3 is 5.32 Å². The zero-order valence-corrected chi connectivity index (χ0v) is 18.0. The third-order valence-electron chi connectivity index (χ3n) is 5.09. The maximum Gasteiger partial charge on any atom is 0.237 e. The Morgan fingerprint density at radius 2 is 2.25 bits per heavy atom. The molecule has 0 aliphatic heterocycles. The van der Waals surface area contributed by atoms with Crippen molar-refractivity contribution < 1.29 is 4.79 Å². The van der Waals surface area contributed by atoms with Gasteiger partial charge in [-0.2, -0.15) is 5.26 Å². The van der Waals surface area contributed by atoms with Crippen LogP contribution in [0.15, 0.2) is 29.3 Å². The normalized spacial score (nSPS) is 16.8. The number of rotatable bonds is 5. The molecule has 1 heterocycles. The average Bonchev–Trinajstić information content (AvgIpc) is 2.68. The fraction of sp³-hybridized carbons (Fsp3) is 0.409. The number of nitrogens with one attached hydrogen (secondary N) is 1. The molecule has 1 aliphatic rings. The van der Waals surface area contributed by atoms with Crippen molar-refractivity contribution in [3.05, 3.63) is 51.7 Å². The van der Waals surface area contributed by atoms with Crippen molar-refractivity contribution in [3.63, 3.8) is 0 Å². The van der Waals surface area contributed by atoms with Crippen LogP contribution in [0.3, 0.4) is 0 Å². The summed E-state index contributed by atoms with van der Waals surface area (Å²) in [4.78, 5) is 17.6. The minimum Gasteiger partial charge on any atom is -0.325 e. The van der Waals surface area contributed by atoms with E-state index in [9.17, 15) is 10.1 Å². The van der Waals surface area contributed by atoms with Crippen molar-refractivity contribution in [1.29, 1.82) is 5.26 Å². The molecule has 0 bridgehead atoms. The minimum atomic E-state index is -0.335. The second kappa shape index (κ2) is 8.98. The molecule has 2 aromatic rings. The first kappa shape index (κ1) is 20.7. The molecule has 4 nitrogen and oxygen atoms in total. The summed E-state index contributed by atoms with van der Waals surface area (Å²) in [5.41, 5.74) is 4.47. The fourth-order valence-electron chi connectivity index (χ4n) is 3.40. The predicted octanol–water partition coefficient (Wildman–Crippen LogP) is 5.55. The van der Waals surface area contributed by atoms with Crippen molar-refractivity contribution in [2.45, 2.75) is 56.7 Å². The summed E-state index contributed by atoms with van der Waals surface area (Å²) >= 11 is 7.43. The number of fused-ring (bicyclic) bond motifs is 1. The van der Waals surface area contributed by atoms with Crippen molar-refractivity contribution in [2.75, 3.05) is 5.32 Å². The van der Waals surface area contributed by atoms with E-state index in [2.05, 4.69) is 18.3 Å². The number of benzene rings is 1. The zero-order chi connectivity index (χ0) is 20.3. The van der Waals surface area contributed by atoms with Crippen molar-refractivity contribution >= 4 is 35.0 Å². The Morgan fingerprint density at radius 3 is 2.96 bits per heavy atom. The topological polar surface area (TPSA) is 65.8 Å². The van der Waals surface area contributed by atoms with Crippen LogP contribution in [0.1, 0.15) is 49.1 Å². The Bertz CT molecular complexity index is 938. The summed E-state index contributed by atoms with van der Waals surface area (Å²) in [6, 6.07) is 9.66. The number of hydrogen-bond donors (Lipinski definition) is 1. The number of amides is 1. The lowest BCUT2D eigenvalue weighted by Gasteiger charge is -2.22. The smallest absolute Gasteiger partial charge is 0.237 e. The molecule has 2 atom stereocenters. The van der Waals surface area contributed by atoms with Gasteiger partial charge >= 0.3 is 0 Å². The largest absolute Gasteiger partial charge is 0.325 e. The summed E-state index contributed by atoms with van der Waals surface area (Å²) in [5, 5.41) is 13.5. The highest BCUT2D eigenvalue weighted by Crippen LogP contribution is 2.33. The van der Waals surface area contributed by atoms with Gasteiger partial charge in [0.1, 0.15) is 11.1 Å². The third-order valence-corrected chi connectivity index (χ3v) is 6.70. The van der Waals surface area contributed by atoms with Gasteiger partial charge in [-0.3, -0.25) is 4.79 Å². The first-order valence-corrected chi connectivity index (χ1v) is 10.8. The fourth-order valence-corrected chi connectivity index (χ4v) is 4.57. The monoisotopic (exact) mass is 413 g/mol. The Balaban J connectivity index is 1.81. The number of hydrogen-bond acceptors (Lipinski definition) is 4. The Morgan fingerprint density at radius 1 is 1.46 bits per heavy atom. The number of carbonyl (C=O) groups is 1. The second-order valence-corrected chi connectivity index (χ2v) is 9.00. The molecule has 0 saturated carbocycles. The highest BCUT2D eigenvalue weighted by molar-refractivity contribution is 8.00. The van der Waals surface area contributed by atoms with Crippen molar-refractivity contribution in [3.8, 4) is 6.07 Å². The number of carbonyl (C=O) groups excluding carboxylic acids is 1. The standard InChI is InChI=1S/C22H24ClN3OS/c1-4-20(21(27)25-19-11-17(23)7-6-14(19)3)28-22-16(12-24)10-15-9-13(2)5-8-18(15)26-22/h6-7,10-11,13,20H,4-5,8-9H2,1-3H3,(H,25,27). The van der Waals surface area contributed by atoms with E-state index in [1.165, 1.54) is 17.3 Å². The molecular weight excluding hydrogens is 390 g/mol. The zero-order valence-electron chi connectivity index (χ0n) is 16.4. The van der Waals surface area contributed by atoms with Crippen LogP contribution in [0.5, 0.6) is 0 Å². The highest BCUT2D eigenvalue weighted by atomic mass is 35.5. The van der Waals surface area contributed by atoms with E-state index in [0.717, 1.165) is 30.5 Å². The van der Waals surface area contributed by atoms with Gasteiger partial charge in [0, 0.05) is 16.4 Å². The quantitative estimate of drug-likeness (QED) is 0.652. The van der Waals surface area contributed by atoms with Gasteiger partial charge in [0.05, 0.1) is 10.8 Å². The molecular formula is C22H24ClN3OS. The van der Waals surface area contributed by atoms with Crippen LogP contribution in [-0.4, -0.2) is 16.1 Å². The summed E-state index contributed by atoms with van der Waals surface area (Å²) in [6.07, 6.45) is 3.65. The molecule has 1 N–H and O–H groups in total. The molecule has 1 aromatic carbocycles. The molecule has 1 amide bonds. The van der Waals surface area contributed by atoms with Crippen LogP contribution < -0.4 is 5.32 Å². The Labute approximate surface area is 175 Å². The molecule has 3 rings (SSSR count). The maximum absolute atomic E-state index is 12.9. The predicted molar refractivity (Wildman–Crippen MR) is 115 cm³/mol. The van der Waals surface area contributed by atoms with E-state index in [1.54, 1.807) is 12.1 Å². The number of aromatic nitrogens is 1. The molecule has 0 fully saturated rings. The molecule has 28 heavy (non-hydrogen) atoms. The first-order chi connectivity index (χ1) is 13.4. The molecule has 1 aromatic heterocycles. The van der Waals surface area contributed by atoms with Crippen LogP contribution in [0.2, 0.25) is 5.02 Å². The van der Waals surface area contributed by atoms with Gasteiger partial charge in [-0.05, 0) is 67.9 Å². The molecule has 2 unspecified atom stereocenters. The molecule has 1 aliphatic carbocycles. The molecule has 0 radical (unpaired) electrons. The van der Waals surface area contributed by atoms with Gasteiger partial charge in [0.25, 0.3) is 0 Å². The molecule has 6 heteroatoms. The number of nitriles is 1. The van der Waals surface area contributed by atoms with Gasteiger partial charge in [-0.15, -0.1) is 0 Å². The van der Waals surface area contributed by atoms with E-state index >= 15 is 0 Å². The lowest BCUT2D eigenvalue weighted by Crippen LogP contribution is -2.25. The van der Waals surface area contributed by atoms with Gasteiger partial charge in [0.2, 0.25) is 5.91 Å². The summed E-state index contributed by atoms with van der Waals surface area (Å²) in [6.45, 7) is 6.13. The summed E-state index contributed by atoms with van der Waals surface area (Å²) in [7, 11) is 0. The van der Waals surface area contributed by atoms with Gasteiger partial charge in [-0.25, -0.2) is 4.98 Å². The first-order valence-electron chi connectivity index (χ1n) is 9.57. The SMILES string of the molecule is CCC(Sc1nc2c(cc1C#N)CC(C)CC2)C(=O)Nc1cc(Cl)ccc1C. The van der Waals surface area contributed by atoms with Crippen molar-refractivity contribution in [1.82, 2.24) is 4.98 Å². The van der Waals surface area contributed by atoms with E-state index in [-0.39, 0.29) is 11.2 Å². The van der Waals surface area contributed by atoms with E-state index in [1.807, 2.05) is 26.0 Å². The number of aryl methyl sites for hydroxylation is 2. The summed E-state index contributed by atoms with van der Waals surface area (Å²) in [5.74, 6) is 0.518. The number of anilines is 1. The molecule has 0 saturated heterocycles. The highest BCUT2D eigenvalue weighted by Gasteiger charge is 2.24. The Hall–Kier alpha value is -2.03. The van der Waals surface area contributed by atoms with Gasteiger partial charge in [-0.1, -0.05) is 43.3 Å². The van der Waals surface area contributed by atoms with Crippen LogP contribution in [-0.2, 0) is 17.6 Å². The molecule has 146 valence electrons. The molecule has 0 spiro atoms. The van der Waals surface area contributed by atoms with Crippen molar-refractivity contribution in [2.24, 2.45) is 5.92 Å². The van der Waals surface area contributed by atoms with Crippen LogP contribution >= 0.6 is 23.4 Å². The lowest BCUT2D eigenvalue weighted by atomic mass is 9.87.